The average Bonchev–Trinajstić information content (AvgIpc) is 3.22. The smallest absolute Gasteiger partial charge is 0.430 e. The molecule has 0 unspecified atom stereocenters. The van der Waals surface area contributed by atoms with Crippen LogP contribution in [0, 0.1) is 24.7 Å². The van der Waals surface area contributed by atoms with Gasteiger partial charge in [0.25, 0.3) is 0 Å². The van der Waals surface area contributed by atoms with Gasteiger partial charge in [0.2, 0.25) is 6.10 Å². The van der Waals surface area contributed by atoms with Crippen molar-refractivity contribution >= 4 is 11.8 Å². The molecule has 3 nitrogen and oxygen atoms in total. The van der Waals surface area contributed by atoms with Crippen LogP contribution in [0.1, 0.15) is 37.0 Å². The van der Waals surface area contributed by atoms with E-state index in [1.807, 2.05) is 6.92 Å². The van der Waals surface area contributed by atoms with Gasteiger partial charge < -0.3 is 4.74 Å². The van der Waals surface area contributed by atoms with Crippen LogP contribution in [0.2, 0.25) is 0 Å². The first-order valence-electron chi connectivity index (χ1n) is 6.88. The second-order valence-electron chi connectivity index (χ2n) is 5.21. The fourth-order valence-electron chi connectivity index (χ4n) is 2.00. The molecule has 6 heteroatoms. The molecule has 1 saturated carbocycles. The van der Waals surface area contributed by atoms with Crippen LogP contribution in [0.4, 0.5) is 23.7 Å². The van der Waals surface area contributed by atoms with E-state index in [2.05, 4.69) is 21.9 Å². The molecular weight excluding hydrogens is 295 g/mol. The van der Waals surface area contributed by atoms with E-state index in [4.69, 9.17) is 0 Å². The molecule has 0 aromatic heterocycles. The molecule has 2 aliphatic rings. The number of amides is 1. The van der Waals surface area contributed by atoms with Crippen LogP contribution in [-0.4, -0.2) is 12.3 Å². The summed E-state index contributed by atoms with van der Waals surface area (Å²) in [7, 11) is 0. The summed E-state index contributed by atoms with van der Waals surface area (Å²) in [5.41, 5.74) is 0.754. The molecule has 0 spiro atoms. The van der Waals surface area contributed by atoms with Crippen molar-refractivity contribution in [3.8, 4) is 11.8 Å². The molecule has 1 fully saturated rings. The highest BCUT2D eigenvalue weighted by molar-refractivity contribution is 5.88. The van der Waals surface area contributed by atoms with Gasteiger partial charge in [0.1, 0.15) is 0 Å². The van der Waals surface area contributed by atoms with Gasteiger partial charge in [-0.25, -0.2) is 4.79 Å². The summed E-state index contributed by atoms with van der Waals surface area (Å²) in [5, 5.41) is 2.23. The van der Waals surface area contributed by atoms with Gasteiger partial charge in [-0.15, -0.1) is 11.8 Å². The zero-order valence-corrected chi connectivity index (χ0v) is 12.3. The lowest BCUT2D eigenvalue weighted by Crippen LogP contribution is -2.33. The van der Waals surface area contributed by atoms with Gasteiger partial charge in [0, 0.05) is 11.5 Å². The molecule has 1 amide bonds. The molecular formula is C16H16F3NO2. The maximum absolute atomic E-state index is 12.6. The maximum Gasteiger partial charge on any atom is 0.430 e. The van der Waals surface area contributed by atoms with Crippen molar-refractivity contribution in [1.29, 1.82) is 0 Å². The summed E-state index contributed by atoms with van der Waals surface area (Å²) >= 11 is 0. The highest BCUT2D eigenvalue weighted by atomic mass is 19.4. The van der Waals surface area contributed by atoms with Gasteiger partial charge in [-0.3, -0.25) is 5.32 Å². The zero-order chi connectivity index (χ0) is 16.3. The highest BCUT2D eigenvalue weighted by Crippen LogP contribution is 2.42. The number of halogens is 3. The Hall–Kier alpha value is -2.16. The van der Waals surface area contributed by atoms with E-state index in [9.17, 15) is 18.0 Å². The highest BCUT2D eigenvalue weighted by Gasteiger charge is 2.47. The monoisotopic (exact) mass is 311 g/mol. The number of aryl methyl sites for hydroxylation is 1. The largest absolute Gasteiger partial charge is 0.431 e. The molecule has 1 aromatic carbocycles. The number of carbonyl (C=O) groups excluding carboxylic acids is 1. The second-order valence-corrected chi connectivity index (χ2v) is 5.21. The number of fused-ring (bicyclic) bond motifs is 1. The lowest BCUT2D eigenvalue weighted by Gasteiger charge is -2.27. The Morgan fingerprint density at radius 1 is 1.32 bits per heavy atom. The lowest BCUT2D eigenvalue weighted by molar-refractivity contribution is -0.206. The molecule has 1 aromatic rings. The standard InChI is InChI=1S/C10H8F3NO2.C6H8/c1-5-2-3-7-6(4-5)8(10(11,12)13)16-9(15)14-7;1-2-3-6-4-5-6/h2-4,8H,1H3,(H,14,15);6H,4-5H2,1H3/t8-;/m0./s1. The van der Waals surface area contributed by atoms with Gasteiger partial charge in [-0.05, 0) is 38.8 Å². The molecule has 1 aliphatic carbocycles. The summed E-state index contributed by atoms with van der Waals surface area (Å²) in [4.78, 5) is 10.9. The summed E-state index contributed by atoms with van der Waals surface area (Å²) in [5.74, 6) is 6.74. The molecule has 1 heterocycles. The average molecular weight is 311 g/mol. The third-order valence-electron chi connectivity index (χ3n) is 3.17. The van der Waals surface area contributed by atoms with Crippen LogP contribution in [0.5, 0.6) is 0 Å². The summed E-state index contributed by atoms with van der Waals surface area (Å²) in [6.45, 7) is 3.57. The van der Waals surface area contributed by atoms with Gasteiger partial charge in [0.05, 0.1) is 5.69 Å². The molecule has 1 N–H and O–H groups in total. The molecule has 3 rings (SSSR count). The first-order chi connectivity index (χ1) is 10.3. The number of hydrogen-bond acceptors (Lipinski definition) is 2. The van der Waals surface area contributed by atoms with Crippen LogP contribution in [0.25, 0.3) is 0 Å². The normalized spacial score (nSPS) is 19.5. The molecule has 1 atom stereocenters. The van der Waals surface area contributed by atoms with E-state index in [1.54, 1.807) is 13.0 Å². The number of rotatable bonds is 0. The fraction of sp³-hybridized carbons (Fsp3) is 0.438. The number of ether oxygens (including phenoxy) is 1. The zero-order valence-electron chi connectivity index (χ0n) is 12.3. The van der Waals surface area contributed by atoms with Crippen LogP contribution in [0.3, 0.4) is 0 Å². The fourth-order valence-corrected chi connectivity index (χ4v) is 2.00. The topological polar surface area (TPSA) is 38.3 Å². The van der Waals surface area contributed by atoms with Crippen LogP contribution >= 0.6 is 0 Å². The van der Waals surface area contributed by atoms with Crippen molar-refractivity contribution in [2.24, 2.45) is 5.92 Å². The number of cyclic esters (lactones) is 1. The number of hydrogen-bond donors (Lipinski definition) is 1. The van der Waals surface area contributed by atoms with Crippen molar-refractivity contribution in [3.05, 3.63) is 29.3 Å². The predicted molar refractivity (Wildman–Crippen MR) is 76.3 cm³/mol. The quantitative estimate of drug-likeness (QED) is 0.712. The number of benzene rings is 1. The minimum atomic E-state index is -4.60. The van der Waals surface area contributed by atoms with Crippen molar-refractivity contribution in [2.45, 2.75) is 39.0 Å². The van der Waals surface area contributed by atoms with Crippen LogP contribution in [-0.2, 0) is 4.74 Å². The first kappa shape index (κ1) is 16.2. The van der Waals surface area contributed by atoms with Crippen molar-refractivity contribution in [1.82, 2.24) is 0 Å². The summed E-state index contributed by atoms with van der Waals surface area (Å²) < 4.78 is 42.1. The van der Waals surface area contributed by atoms with E-state index in [1.165, 1.54) is 25.0 Å². The van der Waals surface area contributed by atoms with Gasteiger partial charge in [0.15, 0.2) is 0 Å². The van der Waals surface area contributed by atoms with Crippen molar-refractivity contribution in [2.75, 3.05) is 5.32 Å². The summed E-state index contributed by atoms with van der Waals surface area (Å²) in [6, 6.07) is 4.41. The van der Waals surface area contributed by atoms with Crippen molar-refractivity contribution < 1.29 is 22.7 Å². The van der Waals surface area contributed by atoms with Crippen LogP contribution < -0.4 is 5.32 Å². The maximum atomic E-state index is 12.6. The Kier molecular flexibility index (Phi) is 4.65. The minimum Gasteiger partial charge on any atom is -0.431 e. The predicted octanol–water partition coefficient (Wildman–Crippen LogP) is 4.58. The summed E-state index contributed by atoms with van der Waals surface area (Å²) in [6.07, 6.45) is -5.17. The third kappa shape index (κ3) is 4.17. The van der Waals surface area contributed by atoms with Crippen LogP contribution in [0.15, 0.2) is 18.2 Å². The SMILES string of the molecule is CC#CC1CC1.Cc1ccc2c(c1)[C@@H](C(F)(F)F)OC(=O)N2. The minimum absolute atomic E-state index is 0.0629. The van der Waals surface area contributed by atoms with E-state index >= 15 is 0 Å². The van der Waals surface area contributed by atoms with E-state index < -0.39 is 18.4 Å². The molecule has 22 heavy (non-hydrogen) atoms. The van der Waals surface area contributed by atoms with Gasteiger partial charge in [-0.1, -0.05) is 11.6 Å². The lowest BCUT2D eigenvalue weighted by atomic mass is 10.0. The number of alkyl halides is 3. The number of carbonyl (C=O) groups is 1. The number of anilines is 1. The molecule has 0 saturated heterocycles. The Labute approximate surface area is 126 Å². The van der Waals surface area contributed by atoms with E-state index in [0.29, 0.717) is 5.56 Å². The molecule has 1 aliphatic heterocycles. The first-order valence-corrected chi connectivity index (χ1v) is 6.88. The Morgan fingerprint density at radius 3 is 2.50 bits per heavy atom. The Balaban J connectivity index is 0.000000246. The van der Waals surface area contributed by atoms with E-state index in [0.717, 1.165) is 5.92 Å². The Bertz CT molecular complexity index is 625. The number of nitrogens with one attached hydrogen (secondary N) is 1. The van der Waals surface area contributed by atoms with Gasteiger partial charge in [-0.2, -0.15) is 13.2 Å². The van der Waals surface area contributed by atoms with E-state index in [-0.39, 0.29) is 11.3 Å². The second kappa shape index (κ2) is 6.30. The molecule has 0 radical (unpaired) electrons. The Morgan fingerprint density at radius 2 is 2.00 bits per heavy atom. The van der Waals surface area contributed by atoms with Crippen molar-refractivity contribution in [3.63, 3.8) is 0 Å². The molecule has 118 valence electrons. The third-order valence-corrected chi connectivity index (χ3v) is 3.17. The molecule has 0 bridgehead atoms. The van der Waals surface area contributed by atoms with Gasteiger partial charge >= 0.3 is 12.3 Å².